The van der Waals surface area contributed by atoms with Crippen molar-refractivity contribution in [1.29, 1.82) is 0 Å². The van der Waals surface area contributed by atoms with E-state index in [-0.39, 0.29) is 17.4 Å². The van der Waals surface area contributed by atoms with E-state index in [9.17, 15) is 14.7 Å². The van der Waals surface area contributed by atoms with Crippen molar-refractivity contribution < 1.29 is 9.90 Å². The third kappa shape index (κ3) is 4.82. The zero-order valence-corrected chi connectivity index (χ0v) is 19.3. The normalized spacial score (nSPS) is 18.3. The van der Waals surface area contributed by atoms with E-state index < -0.39 is 6.09 Å². The number of likely N-dealkylation sites (tertiary alicyclic amines) is 1. The molecular formula is C26H28ClN3O3. The molecule has 1 fully saturated rings. The highest BCUT2D eigenvalue weighted by Crippen LogP contribution is 2.43. The fourth-order valence-corrected chi connectivity index (χ4v) is 5.13. The predicted octanol–water partition coefficient (Wildman–Crippen LogP) is 4.46. The molecule has 6 nitrogen and oxygen atoms in total. The van der Waals surface area contributed by atoms with Gasteiger partial charge in [-0.15, -0.1) is 0 Å². The molecule has 2 aromatic carbocycles. The minimum atomic E-state index is -0.939. The number of aromatic nitrogens is 1. The van der Waals surface area contributed by atoms with Gasteiger partial charge in [-0.3, -0.25) is 4.79 Å². The average molecular weight is 466 g/mol. The number of benzene rings is 2. The van der Waals surface area contributed by atoms with Gasteiger partial charge < -0.3 is 20.3 Å². The van der Waals surface area contributed by atoms with Crippen LogP contribution >= 0.6 is 11.6 Å². The summed E-state index contributed by atoms with van der Waals surface area (Å²) in [7, 11) is 1.72. The maximum absolute atomic E-state index is 12.3. The summed E-state index contributed by atoms with van der Waals surface area (Å²) >= 11 is 6.82. The van der Waals surface area contributed by atoms with Crippen LogP contribution in [0.3, 0.4) is 0 Å². The Bertz CT molecular complexity index is 1220. The van der Waals surface area contributed by atoms with Gasteiger partial charge in [-0.1, -0.05) is 48.0 Å². The van der Waals surface area contributed by atoms with Gasteiger partial charge in [-0.05, 0) is 65.3 Å². The van der Waals surface area contributed by atoms with Crippen molar-refractivity contribution in [1.82, 2.24) is 9.47 Å². The van der Waals surface area contributed by atoms with Gasteiger partial charge in [-0.2, -0.15) is 0 Å². The molecular weight excluding hydrogens is 438 g/mol. The van der Waals surface area contributed by atoms with E-state index in [2.05, 4.69) is 12.1 Å². The summed E-state index contributed by atoms with van der Waals surface area (Å²) in [5.74, 6) is -0.148. The molecule has 1 amide bonds. The summed E-state index contributed by atoms with van der Waals surface area (Å²) in [4.78, 5) is 25.4. The summed E-state index contributed by atoms with van der Waals surface area (Å²) in [6.07, 6.45) is 2.22. The third-order valence-electron chi connectivity index (χ3n) is 6.58. The number of carboxylic acid groups (broad SMARTS) is 1. The Labute approximate surface area is 198 Å². The van der Waals surface area contributed by atoms with Gasteiger partial charge in [0.1, 0.15) is 0 Å². The van der Waals surface area contributed by atoms with Crippen LogP contribution in [0.1, 0.15) is 34.9 Å². The Morgan fingerprint density at radius 2 is 1.94 bits per heavy atom. The minimum Gasteiger partial charge on any atom is -0.465 e. The molecule has 1 aliphatic heterocycles. The number of nitrogens with zero attached hydrogens (tertiary/aromatic N) is 2. The molecule has 0 radical (unpaired) electrons. The zero-order chi connectivity index (χ0) is 23.5. The molecule has 172 valence electrons. The lowest BCUT2D eigenvalue weighted by atomic mass is 9.76. The number of piperidine rings is 1. The van der Waals surface area contributed by atoms with Gasteiger partial charge >= 0.3 is 6.09 Å². The second kappa shape index (κ2) is 9.81. The van der Waals surface area contributed by atoms with E-state index in [4.69, 9.17) is 17.3 Å². The first-order valence-corrected chi connectivity index (χ1v) is 11.5. The Morgan fingerprint density at radius 3 is 2.64 bits per heavy atom. The maximum Gasteiger partial charge on any atom is 0.407 e. The lowest BCUT2D eigenvalue weighted by Crippen LogP contribution is -2.41. The molecule has 4 rings (SSSR count). The van der Waals surface area contributed by atoms with Crippen LogP contribution in [-0.4, -0.2) is 40.3 Å². The Balaban J connectivity index is 1.74. The molecule has 2 atom stereocenters. The predicted molar refractivity (Wildman–Crippen MR) is 131 cm³/mol. The van der Waals surface area contributed by atoms with Crippen LogP contribution in [0.2, 0.25) is 5.02 Å². The Hall–Kier alpha value is -3.09. The maximum atomic E-state index is 12.3. The van der Waals surface area contributed by atoms with Crippen LogP contribution in [-0.2, 0) is 13.5 Å². The smallest absolute Gasteiger partial charge is 0.407 e. The van der Waals surface area contributed by atoms with Crippen molar-refractivity contribution in [3.63, 3.8) is 0 Å². The van der Waals surface area contributed by atoms with Gasteiger partial charge in [0.15, 0.2) is 0 Å². The largest absolute Gasteiger partial charge is 0.465 e. The van der Waals surface area contributed by atoms with Gasteiger partial charge in [0.05, 0.1) is 0 Å². The minimum absolute atomic E-state index is 0.00220. The van der Waals surface area contributed by atoms with Crippen LogP contribution < -0.4 is 11.3 Å². The highest BCUT2D eigenvalue weighted by Gasteiger charge is 2.34. The van der Waals surface area contributed by atoms with Gasteiger partial charge in [0.2, 0.25) is 0 Å². The fourth-order valence-electron chi connectivity index (χ4n) is 4.81. The van der Waals surface area contributed by atoms with Crippen molar-refractivity contribution in [3.8, 4) is 11.1 Å². The van der Waals surface area contributed by atoms with E-state index in [0.29, 0.717) is 31.1 Å². The quantitative estimate of drug-likeness (QED) is 0.582. The van der Waals surface area contributed by atoms with Gasteiger partial charge in [0, 0.05) is 43.3 Å². The fraction of sp³-hybridized carbons (Fsp3) is 0.308. The highest BCUT2D eigenvalue weighted by atomic mass is 35.5. The number of aryl methyl sites for hydroxylation is 1. The first-order chi connectivity index (χ1) is 15.9. The summed E-state index contributed by atoms with van der Waals surface area (Å²) in [6.45, 7) is 1.32. The lowest BCUT2D eigenvalue weighted by Gasteiger charge is -2.38. The van der Waals surface area contributed by atoms with Crippen molar-refractivity contribution in [2.45, 2.75) is 24.7 Å². The SMILES string of the molecule is Cn1ccc(C2CCN(C(=O)O)CC2c2ccc(-c3ccccc3CCN)cc2Cl)cc1=O. The van der Waals surface area contributed by atoms with Crippen molar-refractivity contribution in [2.24, 2.45) is 12.8 Å². The summed E-state index contributed by atoms with van der Waals surface area (Å²) < 4.78 is 1.53. The van der Waals surface area contributed by atoms with E-state index in [1.165, 1.54) is 9.47 Å². The second-order valence-electron chi connectivity index (χ2n) is 8.57. The van der Waals surface area contributed by atoms with E-state index in [0.717, 1.165) is 34.2 Å². The molecule has 33 heavy (non-hydrogen) atoms. The number of pyridine rings is 1. The number of hydrogen-bond acceptors (Lipinski definition) is 3. The molecule has 1 saturated heterocycles. The Kier molecular flexibility index (Phi) is 6.86. The number of hydrogen-bond donors (Lipinski definition) is 2. The van der Waals surface area contributed by atoms with Gasteiger partial charge in [-0.25, -0.2) is 4.79 Å². The molecule has 3 aromatic rings. The second-order valence-corrected chi connectivity index (χ2v) is 8.98. The average Bonchev–Trinajstić information content (AvgIpc) is 2.81. The molecule has 0 aliphatic carbocycles. The topological polar surface area (TPSA) is 88.6 Å². The van der Waals surface area contributed by atoms with Crippen molar-refractivity contribution in [3.05, 3.63) is 92.9 Å². The van der Waals surface area contributed by atoms with Gasteiger partial charge in [0.25, 0.3) is 5.56 Å². The van der Waals surface area contributed by atoms with Crippen LogP contribution in [0.25, 0.3) is 11.1 Å². The summed E-state index contributed by atoms with van der Waals surface area (Å²) in [5, 5.41) is 10.2. The van der Waals surface area contributed by atoms with Crippen LogP contribution in [0.5, 0.6) is 0 Å². The monoisotopic (exact) mass is 465 g/mol. The summed E-state index contributed by atoms with van der Waals surface area (Å²) in [5.41, 5.74) is 10.8. The molecule has 7 heteroatoms. The van der Waals surface area contributed by atoms with E-state index in [1.54, 1.807) is 19.3 Å². The molecule has 1 aliphatic rings. The van der Waals surface area contributed by atoms with Crippen LogP contribution in [0, 0.1) is 0 Å². The lowest BCUT2D eigenvalue weighted by molar-refractivity contribution is 0.125. The third-order valence-corrected chi connectivity index (χ3v) is 6.91. The molecule has 2 heterocycles. The van der Waals surface area contributed by atoms with Crippen molar-refractivity contribution in [2.75, 3.05) is 19.6 Å². The number of carbonyl (C=O) groups is 1. The molecule has 2 unspecified atom stereocenters. The van der Waals surface area contributed by atoms with E-state index in [1.807, 2.05) is 36.4 Å². The zero-order valence-electron chi connectivity index (χ0n) is 18.6. The molecule has 3 N–H and O–H groups in total. The Morgan fingerprint density at radius 1 is 1.15 bits per heavy atom. The molecule has 0 saturated carbocycles. The molecule has 0 bridgehead atoms. The number of nitrogens with two attached hydrogens (primary N) is 1. The first kappa shape index (κ1) is 23.1. The summed E-state index contributed by atoms with van der Waals surface area (Å²) in [6, 6.07) is 17.7. The standard InChI is InChI=1S/C26H28ClN3O3/c1-29-12-9-19(15-25(29)31)21-10-13-30(26(32)33)16-23(21)22-7-6-18(14-24(22)27)20-5-3-2-4-17(20)8-11-28/h2-7,9,12,14-15,21,23H,8,10-11,13,16,28H2,1H3,(H,32,33). The number of amides is 1. The first-order valence-electron chi connectivity index (χ1n) is 11.1. The molecule has 1 aromatic heterocycles. The molecule has 0 spiro atoms. The van der Waals surface area contributed by atoms with Crippen molar-refractivity contribution >= 4 is 17.7 Å². The number of halogens is 1. The number of rotatable bonds is 5. The highest BCUT2D eigenvalue weighted by molar-refractivity contribution is 6.31. The van der Waals surface area contributed by atoms with Crippen LogP contribution in [0.15, 0.2) is 65.6 Å². The van der Waals surface area contributed by atoms with Crippen LogP contribution in [0.4, 0.5) is 4.79 Å². The van der Waals surface area contributed by atoms with E-state index >= 15 is 0 Å².